The van der Waals surface area contributed by atoms with Crippen LogP contribution in [0.1, 0.15) is 32.0 Å². The fourth-order valence-corrected chi connectivity index (χ4v) is 2.20. The minimum absolute atomic E-state index is 0.0912. The average Bonchev–Trinajstić information content (AvgIpc) is 2.92. The number of carbonyl (C=O) groups is 1. The number of urea groups is 1. The lowest BCUT2D eigenvalue weighted by atomic mass is 10.1. The van der Waals surface area contributed by atoms with Crippen molar-refractivity contribution >= 4 is 11.9 Å². The highest BCUT2D eigenvalue weighted by atomic mass is 16.3. The molecule has 0 saturated carbocycles. The van der Waals surface area contributed by atoms with Crippen LogP contribution in [0.4, 0.5) is 4.79 Å². The molecule has 0 radical (unpaired) electrons. The monoisotopic (exact) mass is 280 g/mol. The van der Waals surface area contributed by atoms with Crippen molar-refractivity contribution in [3.63, 3.8) is 0 Å². The van der Waals surface area contributed by atoms with E-state index in [4.69, 9.17) is 10.5 Å². The average molecular weight is 280 g/mol. The lowest BCUT2D eigenvalue weighted by Crippen LogP contribution is -2.33. The Hall–Kier alpha value is -1.96. The summed E-state index contributed by atoms with van der Waals surface area (Å²) in [5, 5.41) is 27.3. The summed E-state index contributed by atoms with van der Waals surface area (Å²) in [5.74, 6) is 0.434. The van der Waals surface area contributed by atoms with Gasteiger partial charge in [0.1, 0.15) is 17.6 Å². The third-order valence-corrected chi connectivity index (χ3v) is 3.03. The number of amides is 2. The van der Waals surface area contributed by atoms with Crippen LogP contribution in [0.3, 0.4) is 0 Å². The van der Waals surface area contributed by atoms with E-state index in [2.05, 4.69) is 15.6 Å². The van der Waals surface area contributed by atoms with E-state index in [1.165, 1.54) is 0 Å². The highest BCUT2D eigenvalue weighted by Crippen LogP contribution is 2.25. The van der Waals surface area contributed by atoms with E-state index in [1.807, 2.05) is 13.8 Å². The number of aromatic nitrogens is 3. The van der Waals surface area contributed by atoms with Crippen LogP contribution in [0.2, 0.25) is 0 Å². The molecule has 1 aliphatic heterocycles. The van der Waals surface area contributed by atoms with E-state index in [-0.39, 0.29) is 18.5 Å². The Morgan fingerprint density at radius 1 is 1.55 bits per heavy atom. The topological polar surface area (TPSA) is 107 Å². The molecule has 2 heterocycles. The Bertz CT molecular complexity index is 498. The Morgan fingerprint density at radius 3 is 2.95 bits per heavy atom. The van der Waals surface area contributed by atoms with Gasteiger partial charge in [-0.25, -0.2) is 4.79 Å². The van der Waals surface area contributed by atoms with E-state index in [9.17, 15) is 4.79 Å². The second-order valence-corrected chi connectivity index (χ2v) is 5.28. The molecule has 2 amide bonds. The van der Waals surface area contributed by atoms with E-state index in [1.54, 1.807) is 15.8 Å². The maximum Gasteiger partial charge on any atom is 0.323 e. The van der Waals surface area contributed by atoms with E-state index in [0.717, 1.165) is 0 Å². The van der Waals surface area contributed by atoms with Crippen molar-refractivity contribution in [3.8, 4) is 0 Å². The molecule has 0 spiro atoms. The molecule has 1 saturated heterocycles. The molecule has 0 aliphatic carbocycles. The van der Waals surface area contributed by atoms with Gasteiger partial charge in [0.05, 0.1) is 6.20 Å². The van der Waals surface area contributed by atoms with Gasteiger partial charge in [-0.1, -0.05) is 19.1 Å². The van der Waals surface area contributed by atoms with Crippen LogP contribution in [0.5, 0.6) is 0 Å². The molecule has 1 aromatic rings. The zero-order valence-electron chi connectivity index (χ0n) is 11.7. The Labute approximate surface area is 117 Å². The van der Waals surface area contributed by atoms with Gasteiger partial charge in [-0.05, 0) is 12.3 Å². The number of aliphatic hydroxyl groups is 1. The number of nitrogens with one attached hydrogen (secondary N) is 2. The highest BCUT2D eigenvalue weighted by Gasteiger charge is 2.38. The molecular weight excluding hydrogens is 260 g/mol. The first-order valence-corrected chi connectivity index (χ1v) is 6.70. The number of amidine groups is 1. The summed E-state index contributed by atoms with van der Waals surface area (Å²) in [5.41, 5.74) is 0.576. The van der Waals surface area contributed by atoms with Crippen LogP contribution in [-0.4, -0.2) is 50.0 Å². The number of hydrogen-bond donors (Lipinski definition) is 3. The quantitative estimate of drug-likeness (QED) is 0.699. The van der Waals surface area contributed by atoms with Gasteiger partial charge in [-0.3, -0.25) is 15.4 Å². The van der Waals surface area contributed by atoms with Crippen molar-refractivity contribution < 1.29 is 9.90 Å². The van der Waals surface area contributed by atoms with Gasteiger partial charge in [-0.2, -0.15) is 0 Å². The molecule has 1 unspecified atom stereocenters. The van der Waals surface area contributed by atoms with Crippen molar-refractivity contribution in [2.45, 2.75) is 32.9 Å². The maximum absolute atomic E-state index is 11.9. The second-order valence-electron chi connectivity index (χ2n) is 5.28. The molecular formula is C12H20N6O2. The SMILES string of the molecule is CC(C)CN1C(=O)NC(=N)C1c1cn(CCCO)nn1. The highest BCUT2D eigenvalue weighted by molar-refractivity contribution is 6.05. The minimum atomic E-state index is -0.493. The fourth-order valence-electron chi connectivity index (χ4n) is 2.20. The molecule has 8 nitrogen and oxygen atoms in total. The van der Waals surface area contributed by atoms with Gasteiger partial charge in [0.2, 0.25) is 0 Å². The van der Waals surface area contributed by atoms with Crippen LogP contribution in [0, 0.1) is 11.3 Å². The summed E-state index contributed by atoms with van der Waals surface area (Å²) < 4.78 is 1.62. The van der Waals surface area contributed by atoms with Gasteiger partial charge >= 0.3 is 6.03 Å². The third-order valence-electron chi connectivity index (χ3n) is 3.03. The van der Waals surface area contributed by atoms with Crippen molar-refractivity contribution in [3.05, 3.63) is 11.9 Å². The van der Waals surface area contributed by atoms with Crippen LogP contribution in [-0.2, 0) is 6.54 Å². The van der Waals surface area contributed by atoms with Crippen LogP contribution in [0.15, 0.2) is 6.20 Å². The summed E-state index contributed by atoms with van der Waals surface area (Å²) in [6.07, 6.45) is 2.32. The Kier molecular flexibility index (Phi) is 4.33. The summed E-state index contributed by atoms with van der Waals surface area (Å²) in [6, 6.07) is -0.758. The first-order valence-electron chi connectivity index (χ1n) is 6.70. The molecule has 0 bridgehead atoms. The zero-order valence-corrected chi connectivity index (χ0v) is 11.7. The second kappa shape index (κ2) is 6.00. The van der Waals surface area contributed by atoms with E-state index >= 15 is 0 Å². The first-order chi connectivity index (χ1) is 9.52. The van der Waals surface area contributed by atoms with Gasteiger partial charge in [0, 0.05) is 19.7 Å². The normalized spacial score (nSPS) is 19.0. The molecule has 1 aromatic heterocycles. The van der Waals surface area contributed by atoms with Crippen LogP contribution in [0.25, 0.3) is 0 Å². The summed E-state index contributed by atoms with van der Waals surface area (Å²) >= 11 is 0. The number of aryl methyl sites for hydroxylation is 1. The minimum Gasteiger partial charge on any atom is -0.396 e. The molecule has 1 fully saturated rings. The van der Waals surface area contributed by atoms with Crippen molar-refractivity contribution in [1.82, 2.24) is 25.2 Å². The largest absolute Gasteiger partial charge is 0.396 e. The molecule has 0 aromatic carbocycles. The molecule has 8 heteroatoms. The van der Waals surface area contributed by atoms with Crippen molar-refractivity contribution in [2.75, 3.05) is 13.2 Å². The number of rotatable bonds is 6. The van der Waals surface area contributed by atoms with Crippen molar-refractivity contribution in [2.24, 2.45) is 5.92 Å². The summed E-state index contributed by atoms with van der Waals surface area (Å²) in [7, 11) is 0. The van der Waals surface area contributed by atoms with Crippen LogP contribution >= 0.6 is 0 Å². The number of nitrogens with zero attached hydrogens (tertiary/aromatic N) is 4. The Balaban J connectivity index is 2.17. The van der Waals surface area contributed by atoms with Gasteiger partial charge in [0.25, 0.3) is 0 Å². The third kappa shape index (κ3) is 2.96. The molecule has 20 heavy (non-hydrogen) atoms. The first kappa shape index (κ1) is 14.4. The molecule has 2 rings (SSSR count). The lowest BCUT2D eigenvalue weighted by molar-refractivity contribution is 0.197. The number of aliphatic hydroxyl groups excluding tert-OH is 1. The predicted molar refractivity (Wildman–Crippen MR) is 72.3 cm³/mol. The number of carbonyl (C=O) groups excluding carboxylic acids is 1. The summed E-state index contributed by atoms with van der Waals surface area (Å²) in [4.78, 5) is 13.5. The molecule has 110 valence electrons. The van der Waals surface area contributed by atoms with Gasteiger partial charge in [0.15, 0.2) is 0 Å². The molecule has 1 atom stereocenters. The molecule has 1 aliphatic rings. The van der Waals surface area contributed by atoms with Crippen molar-refractivity contribution in [1.29, 1.82) is 5.41 Å². The maximum atomic E-state index is 11.9. The standard InChI is InChI=1S/C12H20N6O2/c1-8(2)6-18-10(11(13)14-12(18)20)9-7-17(16-15-9)4-3-5-19/h7-8,10,19H,3-6H2,1-2H3,(H2,13,14,20). The fraction of sp³-hybridized carbons (Fsp3) is 0.667. The zero-order chi connectivity index (χ0) is 14.7. The smallest absolute Gasteiger partial charge is 0.323 e. The predicted octanol–water partition coefficient (Wildman–Crippen LogP) is 0.360. The van der Waals surface area contributed by atoms with Crippen LogP contribution < -0.4 is 5.32 Å². The van der Waals surface area contributed by atoms with Gasteiger partial charge < -0.3 is 10.0 Å². The van der Waals surface area contributed by atoms with E-state index < -0.39 is 6.04 Å². The lowest BCUT2D eigenvalue weighted by Gasteiger charge is -2.22. The van der Waals surface area contributed by atoms with E-state index in [0.29, 0.717) is 31.1 Å². The summed E-state index contributed by atoms with van der Waals surface area (Å²) in [6.45, 7) is 5.25. The number of hydrogen-bond acceptors (Lipinski definition) is 5. The molecule has 3 N–H and O–H groups in total. The van der Waals surface area contributed by atoms with Gasteiger partial charge in [-0.15, -0.1) is 5.10 Å². The Morgan fingerprint density at radius 2 is 2.30 bits per heavy atom.